The highest BCUT2D eigenvalue weighted by Crippen LogP contribution is 2.24. The summed E-state index contributed by atoms with van der Waals surface area (Å²) in [4.78, 5) is 0. The Morgan fingerprint density at radius 2 is 1.71 bits per heavy atom. The normalized spacial score (nSPS) is 10.5. The standard InChI is InChI=1S/C17H17N3O/c1-21-16-10-6-5-7-13(16)11-14-12-20(19-17(14)18)15-8-3-2-4-9-15/h2-10,12H,11H2,1H3,(H2,18,19). The van der Waals surface area contributed by atoms with Gasteiger partial charge in [0.15, 0.2) is 0 Å². The van der Waals surface area contributed by atoms with Gasteiger partial charge in [-0.2, -0.15) is 5.10 Å². The molecule has 0 radical (unpaired) electrons. The third-order valence-electron chi connectivity index (χ3n) is 3.42. The van der Waals surface area contributed by atoms with Crippen molar-refractivity contribution in [2.24, 2.45) is 0 Å². The number of para-hydroxylation sites is 2. The highest BCUT2D eigenvalue weighted by Gasteiger charge is 2.10. The van der Waals surface area contributed by atoms with Gasteiger partial charge in [-0.1, -0.05) is 36.4 Å². The summed E-state index contributed by atoms with van der Waals surface area (Å²) in [7, 11) is 1.68. The maximum Gasteiger partial charge on any atom is 0.149 e. The Hall–Kier alpha value is -2.75. The van der Waals surface area contributed by atoms with Crippen LogP contribution >= 0.6 is 0 Å². The van der Waals surface area contributed by atoms with E-state index in [-0.39, 0.29) is 0 Å². The van der Waals surface area contributed by atoms with Crippen molar-refractivity contribution in [1.29, 1.82) is 0 Å². The smallest absolute Gasteiger partial charge is 0.149 e. The number of aromatic nitrogens is 2. The number of nitrogens with two attached hydrogens (primary N) is 1. The van der Waals surface area contributed by atoms with Gasteiger partial charge in [0.1, 0.15) is 11.6 Å². The average Bonchev–Trinajstić information content (AvgIpc) is 2.90. The fourth-order valence-corrected chi connectivity index (χ4v) is 2.33. The van der Waals surface area contributed by atoms with E-state index in [2.05, 4.69) is 5.10 Å². The van der Waals surface area contributed by atoms with Gasteiger partial charge in [0.05, 0.1) is 12.8 Å². The number of anilines is 1. The van der Waals surface area contributed by atoms with Crippen molar-refractivity contribution in [2.45, 2.75) is 6.42 Å². The zero-order valence-electron chi connectivity index (χ0n) is 11.9. The van der Waals surface area contributed by atoms with Gasteiger partial charge in [0.2, 0.25) is 0 Å². The van der Waals surface area contributed by atoms with E-state index in [9.17, 15) is 0 Å². The van der Waals surface area contributed by atoms with Crippen LogP contribution in [0.15, 0.2) is 60.8 Å². The molecular formula is C17H17N3O. The summed E-state index contributed by atoms with van der Waals surface area (Å²) < 4.78 is 7.19. The van der Waals surface area contributed by atoms with Crippen LogP contribution in [0.3, 0.4) is 0 Å². The second kappa shape index (κ2) is 5.71. The van der Waals surface area contributed by atoms with Crippen molar-refractivity contribution in [3.63, 3.8) is 0 Å². The molecule has 4 heteroatoms. The molecule has 0 aliphatic carbocycles. The number of benzene rings is 2. The Labute approximate surface area is 123 Å². The Balaban J connectivity index is 1.92. The largest absolute Gasteiger partial charge is 0.496 e. The minimum atomic E-state index is 0.546. The molecule has 2 N–H and O–H groups in total. The van der Waals surface area contributed by atoms with Gasteiger partial charge < -0.3 is 10.5 Å². The summed E-state index contributed by atoms with van der Waals surface area (Å²) in [6.07, 6.45) is 2.67. The lowest BCUT2D eigenvalue weighted by molar-refractivity contribution is 0.410. The Bertz CT molecular complexity index is 735. The van der Waals surface area contributed by atoms with Crippen LogP contribution in [0, 0.1) is 0 Å². The predicted molar refractivity (Wildman–Crippen MR) is 83.8 cm³/mol. The molecular weight excluding hydrogens is 262 g/mol. The van der Waals surface area contributed by atoms with Crippen molar-refractivity contribution in [3.8, 4) is 11.4 Å². The summed E-state index contributed by atoms with van der Waals surface area (Å²) >= 11 is 0. The second-order valence-corrected chi connectivity index (χ2v) is 4.81. The van der Waals surface area contributed by atoms with Crippen LogP contribution < -0.4 is 10.5 Å². The predicted octanol–water partition coefficient (Wildman–Crippen LogP) is 3.05. The van der Waals surface area contributed by atoms with E-state index in [1.54, 1.807) is 11.8 Å². The Kier molecular flexibility index (Phi) is 3.60. The molecule has 0 unspecified atom stereocenters. The molecule has 106 valence electrons. The van der Waals surface area contributed by atoms with Crippen LogP contribution in [0.2, 0.25) is 0 Å². The number of methoxy groups -OCH3 is 1. The van der Waals surface area contributed by atoms with Crippen LogP contribution in [0.4, 0.5) is 5.82 Å². The van der Waals surface area contributed by atoms with Crippen LogP contribution in [0.5, 0.6) is 5.75 Å². The zero-order chi connectivity index (χ0) is 14.7. The zero-order valence-corrected chi connectivity index (χ0v) is 11.9. The first-order chi connectivity index (χ1) is 10.3. The van der Waals surface area contributed by atoms with Crippen LogP contribution in [-0.2, 0) is 6.42 Å². The first-order valence-electron chi connectivity index (χ1n) is 6.79. The first-order valence-corrected chi connectivity index (χ1v) is 6.79. The average molecular weight is 279 g/mol. The van der Waals surface area contributed by atoms with Gasteiger partial charge in [0, 0.05) is 18.2 Å². The second-order valence-electron chi connectivity index (χ2n) is 4.81. The number of hydrogen-bond acceptors (Lipinski definition) is 3. The van der Waals surface area contributed by atoms with Crippen molar-refractivity contribution >= 4 is 5.82 Å². The maximum atomic E-state index is 6.05. The Morgan fingerprint density at radius 1 is 1.00 bits per heavy atom. The molecule has 0 aliphatic rings. The minimum Gasteiger partial charge on any atom is -0.496 e. The number of nitrogens with zero attached hydrogens (tertiary/aromatic N) is 2. The number of hydrogen-bond donors (Lipinski definition) is 1. The van der Waals surface area contributed by atoms with Gasteiger partial charge in [0.25, 0.3) is 0 Å². The van der Waals surface area contributed by atoms with Crippen molar-refractivity contribution < 1.29 is 4.74 Å². The van der Waals surface area contributed by atoms with E-state index in [4.69, 9.17) is 10.5 Å². The SMILES string of the molecule is COc1ccccc1Cc1cn(-c2ccccc2)nc1N. The molecule has 0 amide bonds. The molecule has 4 nitrogen and oxygen atoms in total. The van der Waals surface area contributed by atoms with E-state index < -0.39 is 0 Å². The van der Waals surface area contributed by atoms with Gasteiger partial charge in [-0.3, -0.25) is 0 Å². The lowest BCUT2D eigenvalue weighted by atomic mass is 10.1. The highest BCUT2D eigenvalue weighted by molar-refractivity contribution is 5.46. The van der Waals surface area contributed by atoms with E-state index in [1.165, 1.54) is 0 Å². The molecule has 1 aromatic heterocycles. The number of nitrogen functional groups attached to an aromatic ring is 1. The monoisotopic (exact) mass is 279 g/mol. The molecule has 2 aromatic carbocycles. The molecule has 0 bridgehead atoms. The quantitative estimate of drug-likeness (QED) is 0.798. The molecule has 0 atom stereocenters. The first kappa shape index (κ1) is 13.2. The molecule has 0 spiro atoms. The molecule has 0 fully saturated rings. The summed E-state index contributed by atoms with van der Waals surface area (Å²) in [5, 5.41) is 4.39. The topological polar surface area (TPSA) is 53.1 Å². The van der Waals surface area contributed by atoms with Crippen LogP contribution in [0.25, 0.3) is 5.69 Å². The summed E-state index contributed by atoms with van der Waals surface area (Å²) in [6.45, 7) is 0. The fourth-order valence-electron chi connectivity index (χ4n) is 2.33. The van der Waals surface area contributed by atoms with Gasteiger partial charge in [-0.25, -0.2) is 4.68 Å². The van der Waals surface area contributed by atoms with E-state index in [1.807, 2.05) is 60.8 Å². The van der Waals surface area contributed by atoms with Crippen molar-refractivity contribution in [1.82, 2.24) is 9.78 Å². The van der Waals surface area contributed by atoms with E-state index >= 15 is 0 Å². The summed E-state index contributed by atoms with van der Waals surface area (Å²) in [5.74, 6) is 1.41. The van der Waals surface area contributed by atoms with E-state index in [0.717, 1.165) is 22.6 Å². The summed E-state index contributed by atoms with van der Waals surface area (Å²) in [5.41, 5.74) is 9.13. The van der Waals surface area contributed by atoms with Gasteiger partial charge in [-0.15, -0.1) is 0 Å². The lowest BCUT2D eigenvalue weighted by Gasteiger charge is -2.06. The lowest BCUT2D eigenvalue weighted by Crippen LogP contribution is -1.96. The molecule has 0 saturated carbocycles. The summed E-state index contributed by atoms with van der Waals surface area (Å²) in [6, 6.07) is 17.9. The third kappa shape index (κ3) is 2.74. The molecule has 21 heavy (non-hydrogen) atoms. The van der Waals surface area contributed by atoms with Crippen LogP contribution in [-0.4, -0.2) is 16.9 Å². The minimum absolute atomic E-state index is 0.546. The molecule has 0 aliphatic heterocycles. The van der Waals surface area contributed by atoms with Crippen LogP contribution in [0.1, 0.15) is 11.1 Å². The fraction of sp³-hybridized carbons (Fsp3) is 0.118. The highest BCUT2D eigenvalue weighted by atomic mass is 16.5. The molecule has 1 heterocycles. The number of ether oxygens (including phenoxy) is 1. The molecule has 3 aromatic rings. The molecule has 3 rings (SSSR count). The number of rotatable bonds is 4. The van der Waals surface area contributed by atoms with E-state index in [0.29, 0.717) is 12.2 Å². The maximum absolute atomic E-state index is 6.05. The molecule has 0 saturated heterocycles. The van der Waals surface area contributed by atoms with Crippen molar-refractivity contribution in [2.75, 3.05) is 12.8 Å². The van der Waals surface area contributed by atoms with Gasteiger partial charge >= 0.3 is 0 Å². The van der Waals surface area contributed by atoms with Gasteiger partial charge in [-0.05, 0) is 23.8 Å². The third-order valence-corrected chi connectivity index (χ3v) is 3.42. The Morgan fingerprint density at radius 3 is 2.48 bits per heavy atom. The van der Waals surface area contributed by atoms with Crippen molar-refractivity contribution in [3.05, 3.63) is 71.9 Å².